The molecule has 3 heterocycles. The van der Waals surface area contributed by atoms with Crippen molar-refractivity contribution in [1.82, 2.24) is 14.8 Å². The largest absolute Gasteiger partial charge is 0.383 e. The molecular weight excluding hydrogens is 394 g/mol. The Kier molecular flexibility index (Phi) is 6.73. The zero-order chi connectivity index (χ0) is 21.8. The minimum absolute atomic E-state index is 0.0307. The number of ether oxygens (including phenoxy) is 2. The lowest BCUT2D eigenvalue weighted by molar-refractivity contribution is 0.0591. The fraction of sp³-hybridized carbons (Fsp3) is 0.500. The molecule has 4 rings (SSSR count). The fourth-order valence-corrected chi connectivity index (χ4v) is 4.66. The van der Waals surface area contributed by atoms with Crippen LogP contribution in [0, 0.1) is 0 Å². The number of fused-ring (bicyclic) bond motifs is 1. The van der Waals surface area contributed by atoms with Crippen molar-refractivity contribution in [1.29, 1.82) is 0 Å². The summed E-state index contributed by atoms with van der Waals surface area (Å²) in [5, 5.41) is 3.15. The molecule has 2 atom stereocenters. The highest BCUT2D eigenvalue weighted by atomic mass is 16.5. The van der Waals surface area contributed by atoms with Crippen molar-refractivity contribution in [2.75, 3.05) is 26.9 Å². The quantitative estimate of drug-likeness (QED) is 0.740. The van der Waals surface area contributed by atoms with Crippen LogP contribution in [0.15, 0.2) is 36.4 Å². The maximum atomic E-state index is 13.4. The van der Waals surface area contributed by atoms with Crippen LogP contribution in [-0.4, -0.2) is 54.2 Å². The van der Waals surface area contributed by atoms with Gasteiger partial charge in [0.15, 0.2) is 0 Å². The van der Waals surface area contributed by atoms with Crippen LogP contribution in [0.2, 0.25) is 0 Å². The number of amides is 2. The summed E-state index contributed by atoms with van der Waals surface area (Å²) >= 11 is 0. The number of carbonyl (C=O) groups excluding carboxylic acids is 2. The minimum atomic E-state index is -0.168. The second-order valence-corrected chi connectivity index (χ2v) is 8.19. The van der Waals surface area contributed by atoms with E-state index < -0.39 is 0 Å². The SMILES string of the molecule is CC[C@@H](NC(=O)c1cc(C(=O)N2CCCC2COC)n2c1COCC2)c1ccccc1. The Morgan fingerprint density at radius 3 is 2.81 bits per heavy atom. The number of aromatic nitrogens is 1. The van der Waals surface area contributed by atoms with Gasteiger partial charge in [-0.05, 0) is 30.9 Å². The molecule has 7 heteroatoms. The van der Waals surface area contributed by atoms with E-state index in [0.29, 0.717) is 37.6 Å². The van der Waals surface area contributed by atoms with E-state index >= 15 is 0 Å². The molecule has 166 valence electrons. The molecular formula is C24H31N3O4. The van der Waals surface area contributed by atoms with Crippen LogP contribution in [0.5, 0.6) is 0 Å². The third-order valence-corrected chi connectivity index (χ3v) is 6.28. The first-order valence-corrected chi connectivity index (χ1v) is 11.1. The van der Waals surface area contributed by atoms with Gasteiger partial charge >= 0.3 is 0 Å². The number of nitrogens with zero attached hydrogens (tertiary/aromatic N) is 2. The predicted molar refractivity (Wildman–Crippen MR) is 117 cm³/mol. The molecule has 2 aliphatic heterocycles. The van der Waals surface area contributed by atoms with Crippen molar-refractivity contribution >= 4 is 11.8 Å². The van der Waals surface area contributed by atoms with E-state index in [-0.39, 0.29) is 23.9 Å². The number of methoxy groups -OCH3 is 1. The second kappa shape index (κ2) is 9.66. The summed E-state index contributed by atoms with van der Waals surface area (Å²) in [5.41, 5.74) is 2.94. The highest BCUT2D eigenvalue weighted by Crippen LogP contribution is 2.27. The van der Waals surface area contributed by atoms with Gasteiger partial charge in [0.1, 0.15) is 5.69 Å². The van der Waals surface area contributed by atoms with Crippen LogP contribution in [0.1, 0.15) is 64.3 Å². The molecule has 0 radical (unpaired) electrons. The highest BCUT2D eigenvalue weighted by molar-refractivity contribution is 6.01. The zero-order valence-electron chi connectivity index (χ0n) is 18.3. The Bertz CT molecular complexity index is 924. The third-order valence-electron chi connectivity index (χ3n) is 6.28. The number of rotatable bonds is 7. The summed E-state index contributed by atoms with van der Waals surface area (Å²) in [6, 6.07) is 11.7. The van der Waals surface area contributed by atoms with E-state index in [0.717, 1.165) is 37.1 Å². The van der Waals surface area contributed by atoms with Crippen molar-refractivity contribution in [3.8, 4) is 0 Å². The average molecular weight is 426 g/mol. The van der Waals surface area contributed by atoms with E-state index in [1.807, 2.05) is 39.8 Å². The molecule has 1 saturated heterocycles. The lowest BCUT2D eigenvalue weighted by Crippen LogP contribution is -2.39. The molecule has 0 bridgehead atoms. The summed E-state index contributed by atoms with van der Waals surface area (Å²) in [6.45, 7) is 4.74. The van der Waals surface area contributed by atoms with Crippen molar-refractivity contribution in [3.63, 3.8) is 0 Å². The second-order valence-electron chi connectivity index (χ2n) is 8.19. The first kappa shape index (κ1) is 21.6. The van der Waals surface area contributed by atoms with Crippen molar-refractivity contribution in [3.05, 3.63) is 58.9 Å². The number of benzene rings is 1. The number of likely N-dealkylation sites (tertiary alicyclic amines) is 1. The zero-order valence-corrected chi connectivity index (χ0v) is 18.3. The van der Waals surface area contributed by atoms with Gasteiger partial charge in [0.25, 0.3) is 11.8 Å². The monoisotopic (exact) mass is 425 g/mol. The van der Waals surface area contributed by atoms with Crippen LogP contribution >= 0.6 is 0 Å². The van der Waals surface area contributed by atoms with Gasteiger partial charge in [0.05, 0.1) is 43.2 Å². The van der Waals surface area contributed by atoms with Gasteiger partial charge in [-0.3, -0.25) is 9.59 Å². The Labute approximate surface area is 183 Å². The van der Waals surface area contributed by atoms with Crippen LogP contribution in [0.4, 0.5) is 0 Å². The summed E-state index contributed by atoms with van der Waals surface area (Å²) in [6.07, 6.45) is 2.69. The molecule has 2 aromatic rings. The van der Waals surface area contributed by atoms with Gasteiger partial charge < -0.3 is 24.3 Å². The summed E-state index contributed by atoms with van der Waals surface area (Å²) in [5.74, 6) is -0.198. The van der Waals surface area contributed by atoms with Gasteiger partial charge in [-0.25, -0.2) is 0 Å². The Hall–Kier alpha value is -2.64. The van der Waals surface area contributed by atoms with Crippen LogP contribution in [0.25, 0.3) is 0 Å². The van der Waals surface area contributed by atoms with Crippen molar-refractivity contribution in [2.45, 2.75) is 51.4 Å². The molecule has 0 saturated carbocycles. The van der Waals surface area contributed by atoms with Crippen LogP contribution in [-0.2, 0) is 22.6 Å². The molecule has 1 aromatic heterocycles. The number of carbonyl (C=O) groups is 2. The van der Waals surface area contributed by atoms with Gasteiger partial charge in [0, 0.05) is 20.2 Å². The van der Waals surface area contributed by atoms with Gasteiger partial charge in [-0.15, -0.1) is 0 Å². The van der Waals surface area contributed by atoms with Gasteiger partial charge in [-0.1, -0.05) is 37.3 Å². The molecule has 1 fully saturated rings. The Balaban J connectivity index is 1.61. The lowest BCUT2D eigenvalue weighted by Gasteiger charge is -2.26. The highest BCUT2D eigenvalue weighted by Gasteiger charge is 2.34. The smallest absolute Gasteiger partial charge is 0.270 e. The lowest BCUT2D eigenvalue weighted by atomic mass is 10.0. The van der Waals surface area contributed by atoms with Crippen molar-refractivity contribution < 1.29 is 19.1 Å². The predicted octanol–water partition coefficient (Wildman–Crippen LogP) is 3.15. The number of hydrogen-bond donors (Lipinski definition) is 1. The molecule has 2 aliphatic rings. The maximum Gasteiger partial charge on any atom is 0.270 e. The molecule has 1 N–H and O–H groups in total. The summed E-state index contributed by atoms with van der Waals surface area (Å²) in [4.78, 5) is 28.6. The standard InChI is InChI=1S/C24H31N3O4/c1-3-20(17-8-5-4-6-9-17)25-23(28)19-14-21(27-12-13-31-16-22(19)27)24(29)26-11-7-10-18(26)15-30-2/h4-6,8-9,14,18,20H,3,7,10-13,15-16H2,1-2H3,(H,25,28)/t18?,20-/m1/s1. The average Bonchev–Trinajstić information content (AvgIpc) is 3.43. The van der Waals surface area contributed by atoms with E-state index in [9.17, 15) is 9.59 Å². The first-order valence-electron chi connectivity index (χ1n) is 11.1. The molecule has 1 unspecified atom stereocenters. The normalized spacial score (nSPS) is 19.2. The Morgan fingerprint density at radius 2 is 2.06 bits per heavy atom. The first-order chi connectivity index (χ1) is 15.1. The molecule has 2 amide bonds. The van der Waals surface area contributed by atoms with E-state index in [4.69, 9.17) is 9.47 Å². The van der Waals surface area contributed by atoms with E-state index in [1.165, 1.54) is 0 Å². The molecule has 1 aromatic carbocycles. The van der Waals surface area contributed by atoms with E-state index in [2.05, 4.69) is 12.2 Å². The Morgan fingerprint density at radius 1 is 1.26 bits per heavy atom. The molecule has 7 nitrogen and oxygen atoms in total. The van der Waals surface area contributed by atoms with Crippen LogP contribution < -0.4 is 5.32 Å². The molecule has 31 heavy (non-hydrogen) atoms. The van der Waals surface area contributed by atoms with Crippen LogP contribution in [0.3, 0.4) is 0 Å². The number of nitrogens with one attached hydrogen (secondary N) is 1. The van der Waals surface area contributed by atoms with Gasteiger partial charge in [0.2, 0.25) is 0 Å². The molecule has 0 spiro atoms. The molecule has 0 aliphatic carbocycles. The minimum Gasteiger partial charge on any atom is -0.383 e. The van der Waals surface area contributed by atoms with Gasteiger partial charge in [-0.2, -0.15) is 0 Å². The summed E-state index contributed by atoms with van der Waals surface area (Å²) < 4.78 is 12.9. The fourth-order valence-electron chi connectivity index (χ4n) is 4.66. The van der Waals surface area contributed by atoms with Crippen molar-refractivity contribution in [2.24, 2.45) is 0 Å². The third kappa shape index (κ3) is 4.38. The number of hydrogen-bond acceptors (Lipinski definition) is 4. The maximum absolute atomic E-state index is 13.4. The summed E-state index contributed by atoms with van der Waals surface area (Å²) in [7, 11) is 1.66. The topological polar surface area (TPSA) is 72.8 Å². The van der Waals surface area contributed by atoms with E-state index in [1.54, 1.807) is 13.2 Å².